The highest BCUT2D eigenvalue weighted by Crippen LogP contribution is 2.35. The topological polar surface area (TPSA) is 136 Å². The molecule has 4 aromatic rings. The third-order valence-electron chi connectivity index (χ3n) is 7.45. The Bertz CT molecular complexity index is 2040. The average Bonchev–Trinajstić information content (AvgIpc) is 2.97. The number of hydrogen-bond acceptors (Lipinski definition) is 8. The van der Waals surface area contributed by atoms with Gasteiger partial charge in [0.05, 0.1) is 21.5 Å². The molecule has 2 N–H and O–H groups in total. The van der Waals surface area contributed by atoms with Crippen molar-refractivity contribution in [3.8, 4) is 16.9 Å². The zero-order chi connectivity index (χ0) is 31.9. The number of halogens is 2. The number of hydrogen-bond donors (Lipinski definition) is 1. The highest BCUT2D eigenvalue weighted by molar-refractivity contribution is 7.90. The highest BCUT2D eigenvalue weighted by Gasteiger charge is 2.34. The van der Waals surface area contributed by atoms with E-state index in [1.807, 2.05) is 0 Å². The van der Waals surface area contributed by atoms with Crippen LogP contribution in [0.1, 0.15) is 5.56 Å². The lowest BCUT2D eigenvalue weighted by Crippen LogP contribution is -2.56. The Hall–Kier alpha value is -5.16. The van der Waals surface area contributed by atoms with Gasteiger partial charge in [-0.2, -0.15) is 4.98 Å². The Morgan fingerprint density at radius 3 is 2.57 bits per heavy atom. The minimum atomic E-state index is -3.90. The number of nitrogens with zero attached hydrogens (tertiary/aromatic N) is 6. The summed E-state index contributed by atoms with van der Waals surface area (Å²) in [6.07, 6.45) is 2.15. The van der Waals surface area contributed by atoms with Crippen molar-refractivity contribution in [3.63, 3.8) is 0 Å². The number of carbonyl (C=O) groups is 1. The third kappa shape index (κ3) is 5.26. The molecule has 44 heavy (non-hydrogen) atoms. The first-order valence-electron chi connectivity index (χ1n) is 13.4. The molecule has 0 spiro atoms. The molecule has 1 aliphatic heterocycles. The molecule has 0 radical (unpaired) electrons. The summed E-state index contributed by atoms with van der Waals surface area (Å²) in [4.78, 5) is 41.4. The van der Waals surface area contributed by atoms with Gasteiger partial charge in [-0.3, -0.25) is 4.79 Å². The van der Waals surface area contributed by atoms with Gasteiger partial charge in [-0.1, -0.05) is 24.8 Å². The molecule has 2 aromatic heterocycles. The number of nitrogens with two attached hydrogens (primary N) is 1. The normalized spacial score (nSPS) is 15.3. The van der Waals surface area contributed by atoms with Crippen LogP contribution in [0, 0.1) is 25.1 Å². The summed E-state index contributed by atoms with van der Waals surface area (Å²) in [5, 5.41) is 0.00180. The van der Waals surface area contributed by atoms with E-state index in [4.69, 9.17) is 12.3 Å². The minimum absolute atomic E-state index is 0.00180. The molecular weight excluding hydrogens is 592 g/mol. The van der Waals surface area contributed by atoms with Crippen LogP contribution in [0.5, 0.6) is 0 Å². The molecule has 11 nitrogen and oxygen atoms in total. The number of fused-ring (bicyclic) bond motifs is 1. The summed E-state index contributed by atoms with van der Waals surface area (Å²) >= 11 is 0. The van der Waals surface area contributed by atoms with Crippen molar-refractivity contribution in [2.24, 2.45) is 0 Å². The monoisotopic (exact) mass is 619 g/mol. The SMILES string of the molecule is [C-]#[N+]C[C@H]1CN(C(=O)C=C)CCN1c1nc(=O)n(-c2c(C)cccc2S(C)(=O)=O)c2nc(-c3c(N)cccc3F)c(F)cc12. The lowest BCUT2D eigenvalue weighted by molar-refractivity contribution is -0.126. The molecule has 0 bridgehead atoms. The van der Waals surface area contributed by atoms with E-state index in [-0.39, 0.29) is 70.8 Å². The highest BCUT2D eigenvalue weighted by atomic mass is 32.2. The molecule has 1 atom stereocenters. The Balaban J connectivity index is 1.88. The molecule has 1 aliphatic rings. The van der Waals surface area contributed by atoms with Crippen LogP contribution in [0.3, 0.4) is 0 Å². The maximum absolute atomic E-state index is 15.9. The van der Waals surface area contributed by atoms with Crippen LogP contribution in [0.15, 0.2) is 64.8 Å². The second-order valence-corrected chi connectivity index (χ2v) is 12.3. The van der Waals surface area contributed by atoms with Crippen LogP contribution in [0.4, 0.5) is 20.3 Å². The van der Waals surface area contributed by atoms with Gasteiger partial charge in [-0.25, -0.2) is 38.1 Å². The number of aromatic nitrogens is 3. The Morgan fingerprint density at radius 2 is 1.91 bits per heavy atom. The van der Waals surface area contributed by atoms with E-state index in [0.717, 1.165) is 29.0 Å². The smallest absolute Gasteiger partial charge is 0.355 e. The predicted molar refractivity (Wildman–Crippen MR) is 162 cm³/mol. The molecule has 226 valence electrons. The van der Waals surface area contributed by atoms with Crippen molar-refractivity contribution in [2.75, 3.05) is 43.1 Å². The van der Waals surface area contributed by atoms with Crippen molar-refractivity contribution >= 4 is 38.3 Å². The maximum atomic E-state index is 15.9. The lowest BCUT2D eigenvalue weighted by atomic mass is 10.1. The van der Waals surface area contributed by atoms with Crippen LogP contribution >= 0.6 is 0 Å². The van der Waals surface area contributed by atoms with Crippen molar-refractivity contribution in [2.45, 2.75) is 17.9 Å². The predicted octanol–water partition coefficient (Wildman–Crippen LogP) is 3.14. The quantitative estimate of drug-likeness (QED) is 0.198. The molecule has 1 saturated heterocycles. The molecule has 14 heteroatoms. The van der Waals surface area contributed by atoms with Crippen LogP contribution in [0.2, 0.25) is 0 Å². The van der Waals surface area contributed by atoms with E-state index < -0.39 is 38.9 Å². The number of anilines is 2. The summed E-state index contributed by atoms with van der Waals surface area (Å²) in [6, 6.07) is 8.65. The fourth-order valence-electron chi connectivity index (χ4n) is 5.43. The van der Waals surface area contributed by atoms with E-state index >= 15 is 8.78 Å². The number of rotatable bonds is 6. The summed E-state index contributed by atoms with van der Waals surface area (Å²) < 4.78 is 57.6. The Morgan fingerprint density at radius 1 is 1.18 bits per heavy atom. The van der Waals surface area contributed by atoms with Gasteiger partial charge in [0.25, 0.3) is 0 Å². The van der Waals surface area contributed by atoms with Gasteiger partial charge in [-0.15, -0.1) is 0 Å². The number of sulfone groups is 1. The fourth-order valence-corrected chi connectivity index (χ4v) is 6.36. The number of para-hydroxylation sites is 1. The minimum Gasteiger partial charge on any atom is -0.398 e. The first-order chi connectivity index (χ1) is 20.9. The number of amides is 1. The number of pyridine rings is 1. The molecule has 0 unspecified atom stereocenters. The van der Waals surface area contributed by atoms with Gasteiger partial charge in [-0.05, 0) is 42.8 Å². The maximum Gasteiger partial charge on any atom is 0.355 e. The standard InChI is InChI=1S/C30H27F2N7O4S/c1-5-24(40)37-12-13-38(18(16-37)15-34-3)28-19-14-21(32)26(25-20(31)9-7-10-22(25)33)35-29(19)39(30(41)36-28)27-17(2)8-6-11-23(27)44(4,42)43/h5-11,14,18H,1,12-13,15-16,33H2,2,4H3/t18-/m0/s1. The van der Waals surface area contributed by atoms with Gasteiger partial charge in [0, 0.05) is 31.6 Å². The first kappa shape index (κ1) is 30.3. The fraction of sp³-hybridized carbons (Fsp3) is 0.233. The Labute approximate surface area is 251 Å². The molecule has 5 rings (SSSR count). The van der Waals surface area contributed by atoms with E-state index in [9.17, 15) is 18.0 Å². The largest absolute Gasteiger partial charge is 0.398 e. The van der Waals surface area contributed by atoms with Crippen molar-refractivity contribution < 1.29 is 22.0 Å². The second kappa shape index (κ2) is 11.5. The lowest BCUT2D eigenvalue weighted by Gasteiger charge is -2.40. The number of nitrogen functional groups attached to an aromatic ring is 1. The molecular formula is C30H27F2N7O4S. The van der Waals surface area contributed by atoms with Gasteiger partial charge >= 0.3 is 5.69 Å². The van der Waals surface area contributed by atoms with Crippen LogP contribution < -0.4 is 16.3 Å². The van der Waals surface area contributed by atoms with Crippen molar-refractivity contribution in [1.29, 1.82) is 0 Å². The van der Waals surface area contributed by atoms with Crippen LogP contribution in [0.25, 0.3) is 32.8 Å². The molecule has 3 heterocycles. The van der Waals surface area contributed by atoms with E-state index in [1.54, 1.807) is 17.9 Å². The first-order valence-corrected chi connectivity index (χ1v) is 15.2. The number of benzene rings is 2. The third-order valence-corrected chi connectivity index (χ3v) is 8.58. The van der Waals surface area contributed by atoms with Gasteiger partial charge in [0.2, 0.25) is 12.5 Å². The summed E-state index contributed by atoms with van der Waals surface area (Å²) in [5.74, 6) is -2.18. The van der Waals surface area contributed by atoms with E-state index in [1.165, 1.54) is 29.2 Å². The second-order valence-electron chi connectivity index (χ2n) is 10.3. The van der Waals surface area contributed by atoms with E-state index in [0.29, 0.717) is 5.56 Å². The number of carbonyl (C=O) groups excluding carboxylic acids is 1. The van der Waals surface area contributed by atoms with Gasteiger partial charge in [0.15, 0.2) is 21.3 Å². The molecule has 1 fully saturated rings. The van der Waals surface area contributed by atoms with Gasteiger partial charge < -0.3 is 20.4 Å². The Kier molecular flexibility index (Phi) is 7.92. The molecule has 2 aromatic carbocycles. The zero-order valence-electron chi connectivity index (χ0n) is 23.8. The van der Waals surface area contributed by atoms with Crippen LogP contribution in [-0.4, -0.2) is 72.2 Å². The van der Waals surface area contributed by atoms with Crippen molar-refractivity contribution in [1.82, 2.24) is 19.4 Å². The van der Waals surface area contributed by atoms with Crippen LogP contribution in [-0.2, 0) is 14.6 Å². The number of piperazine rings is 1. The summed E-state index contributed by atoms with van der Waals surface area (Å²) in [7, 11) is -3.90. The molecule has 0 saturated carbocycles. The average molecular weight is 620 g/mol. The molecule has 1 amide bonds. The zero-order valence-corrected chi connectivity index (χ0v) is 24.6. The van der Waals surface area contributed by atoms with Crippen molar-refractivity contribution in [3.05, 3.63) is 94.2 Å². The summed E-state index contributed by atoms with van der Waals surface area (Å²) in [6.45, 7) is 12.9. The molecule has 0 aliphatic carbocycles. The van der Waals surface area contributed by atoms with Gasteiger partial charge in [0.1, 0.15) is 23.4 Å². The number of aryl methyl sites for hydroxylation is 1. The van der Waals surface area contributed by atoms with E-state index in [2.05, 4.69) is 21.4 Å². The summed E-state index contributed by atoms with van der Waals surface area (Å²) in [5.41, 5.74) is 4.27.